The third-order valence-corrected chi connectivity index (χ3v) is 8.01. The van der Waals surface area contributed by atoms with E-state index < -0.39 is 5.60 Å². The average Bonchev–Trinajstić information content (AvgIpc) is 2.97. The van der Waals surface area contributed by atoms with Crippen LogP contribution in [0.25, 0.3) is 28.0 Å². The normalized spacial score (nSPS) is 17.5. The molecule has 1 aliphatic heterocycles. The Bertz CT molecular complexity index is 1660. The summed E-state index contributed by atoms with van der Waals surface area (Å²) in [5, 5.41) is 2.44. The molecule has 5 aromatic rings. The van der Waals surface area contributed by atoms with Gasteiger partial charge in [-0.05, 0) is 58.7 Å². The first-order valence-corrected chi connectivity index (χ1v) is 13.0. The van der Waals surface area contributed by atoms with Crippen molar-refractivity contribution < 1.29 is 4.74 Å². The molecule has 1 aliphatic carbocycles. The molecule has 2 aliphatic rings. The third kappa shape index (κ3) is 3.33. The van der Waals surface area contributed by atoms with Crippen molar-refractivity contribution in [2.45, 2.75) is 18.4 Å². The Hall–Kier alpha value is -4.30. The van der Waals surface area contributed by atoms with Gasteiger partial charge in [-0.1, -0.05) is 97.1 Å². The minimum atomic E-state index is -0.706. The van der Waals surface area contributed by atoms with Gasteiger partial charge >= 0.3 is 0 Å². The van der Waals surface area contributed by atoms with Gasteiger partial charge in [0.1, 0.15) is 5.75 Å². The molecule has 1 unspecified atom stereocenters. The van der Waals surface area contributed by atoms with Crippen molar-refractivity contribution in [1.82, 2.24) is 0 Å². The number of ether oxygens (including phenoxy) is 1. The van der Waals surface area contributed by atoms with Gasteiger partial charge in [0.2, 0.25) is 0 Å². The van der Waals surface area contributed by atoms with E-state index in [0.29, 0.717) is 0 Å². The molecule has 0 saturated heterocycles. The van der Waals surface area contributed by atoms with Gasteiger partial charge in [0.05, 0.1) is 0 Å². The zero-order valence-corrected chi connectivity index (χ0v) is 21.2. The van der Waals surface area contributed by atoms with E-state index in [1.807, 2.05) is 0 Å². The molecule has 2 nitrogen and oxygen atoms in total. The van der Waals surface area contributed by atoms with Crippen LogP contribution in [-0.4, -0.2) is 14.1 Å². The van der Waals surface area contributed by atoms with Crippen LogP contribution in [0.2, 0.25) is 0 Å². The number of fused-ring (bicyclic) bond motifs is 8. The lowest BCUT2D eigenvalue weighted by molar-refractivity contribution is 0.163. The van der Waals surface area contributed by atoms with Crippen LogP contribution in [0.3, 0.4) is 0 Å². The van der Waals surface area contributed by atoms with Crippen molar-refractivity contribution >= 4 is 22.5 Å². The summed E-state index contributed by atoms with van der Waals surface area (Å²) < 4.78 is 7.26. The summed E-state index contributed by atoms with van der Waals surface area (Å²) in [4.78, 5) is 2.13. The number of aryl methyl sites for hydroxylation is 1. The van der Waals surface area contributed by atoms with Gasteiger partial charge in [0.15, 0.2) is 5.60 Å². The van der Waals surface area contributed by atoms with E-state index >= 15 is 0 Å². The second-order valence-corrected chi connectivity index (χ2v) is 10.3. The molecule has 0 aromatic heterocycles. The van der Waals surface area contributed by atoms with Crippen LogP contribution in [0.15, 0.2) is 109 Å². The standard InChI is InChI=1S/C35H29NO/c1-36(2)27-19-17-26(18-20-27)35(25-11-4-3-5-12-25)23-22-32-30-21-16-24-10-6-7-13-28(24)33(30)29-14-8-9-15-31(29)34(32)37-35/h3-15,17-20,22-23H,16,21H2,1-2H3. The van der Waals surface area contributed by atoms with Crippen LogP contribution in [0, 0.1) is 0 Å². The first-order chi connectivity index (χ1) is 18.2. The highest BCUT2D eigenvalue weighted by Crippen LogP contribution is 2.51. The summed E-state index contributed by atoms with van der Waals surface area (Å²) in [6, 6.07) is 37.0. The Balaban J connectivity index is 1.49. The largest absolute Gasteiger partial charge is 0.472 e. The van der Waals surface area contributed by atoms with Crippen molar-refractivity contribution in [3.8, 4) is 16.9 Å². The molecule has 180 valence electrons. The van der Waals surface area contributed by atoms with Crippen LogP contribution >= 0.6 is 0 Å². The average molecular weight is 480 g/mol. The van der Waals surface area contributed by atoms with Crippen molar-refractivity contribution in [2.75, 3.05) is 19.0 Å². The fourth-order valence-electron chi connectivity index (χ4n) is 6.14. The molecule has 0 N–H and O–H groups in total. The summed E-state index contributed by atoms with van der Waals surface area (Å²) in [6.07, 6.45) is 6.66. The maximum atomic E-state index is 7.26. The summed E-state index contributed by atoms with van der Waals surface area (Å²) >= 11 is 0. The van der Waals surface area contributed by atoms with Crippen LogP contribution in [0.4, 0.5) is 5.69 Å². The predicted molar refractivity (Wildman–Crippen MR) is 154 cm³/mol. The number of anilines is 1. The molecule has 37 heavy (non-hydrogen) atoms. The summed E-state index contributed by atoms with van der Waals surface area (Å²) in [6.45, 7) is 0. The van der Waals surface area contributed by atoms with Crippen LogP contribution in [-0.2, 0) is 18.4 Å². The van der Waals surface area contributed by atoms with E-state index in [1.165, 1.54) is 44.3 Å². The predicted octanol–water partition coefficient (Wildman–Crippen LogP) is 8.02. The van der Waals surface area contributed by atoms with Gasteiger partial charge in [-0.15, -0.1) is 0 Å². The van der Waals surface area contributed by atoms with Gasteiger partial charge in [-0.25, -0.2) is 0 Å². The Morgan fingerprint density at radius 2 is 1.35 bits per heavy atom. The molecule has 5 aromatic carbocycles. The van der Waals surface area contributed by atoms with E-state index in [2.05, 4.69) is 134 Å². The zero-order chi connectivity index (χ0) is 25.0. The van der Waals surface area contributed by atoms with E-state index in [4.69, 9.17) is 4.74 Å². The number of benzene rings is 5. The van der Waals surface area contributed by atoms with E-state index in [9.17, 15) is 0 Å². The lowest BCUT2D eigenvalue weighted by atomic mass is 9.77. The van der Waals surface area contributed by atoms with Crippen LogP contribution in [0.5, 0.6) is 5.75 Å². The van der Waals surface area contributed by atoms with Gasteiger partial charge < -0.3 is 9.64 Å². The topological polar surface area (TPSA) is 12.5 Å². The molecule has 7 rings (SSSR count). The quantitative estimate of drug-likeness (QED) is 0.260. The highest BCUT2D eigenvalue weighted by Gasteiger charge is 2.39. The number of nitrogens with zero attached hydrogens (tertiary/aromatic N) is 1. The molecule has 0 saturated carbocycles. The summed E-state index contributed by atoms with van der Waals surface area (Å²) in [5.74, 6) is 0.983. The monoisotopic (exact) mass is 479 g/mol. The van der Waals surface area contributed by atoms with Crippen molar-refractivity contribution in [2.24, 2.45) is 0 Å². The molecule has 0 amide bonds. The third-order valence-electron chi connectivity index (χ3n) is 8.01. The summed E-state index contributed by atoms with van der Waals surface area (Å²) in [7, 11) is 4.14. The first-order valence-electron chi connectivity index (χ1n) is 13.0. The minimum Gasteiger partial charge on any atom is -0.472 e. The molecule has 0 fully saturated rings. The van der Waals surface area contributed by atoms with Gasteiger partial charge in [-0.2, -0.15) is 0 Å². The lowest BCUT2D eigenvalue weighted by Crippen LogP contribution is -2.34. The Morgan fingerprint density at radius 1 is 0.676 bits per heavy atom. The molecule has 1 heterocycles. The smallest absolute Gasteiger partial charge is 0.178 e. The zero-order valence-electron chi connectivity index (χ0n) is 21.2. The fourth-order valence-corrected chi connectivity index (χ4v) is 6.14. The SMILES string of the molecule is CN(C)c1ccc(C2(c3ccccc3)C=Cc3c4c(c5ccccc5c3O2)-c2ccccc2CC4)cc1. The number of hydrogen-bond acceptors (Lipinski definition) is 2. The van der Waals surface area contributed by atoms with Gasteiger partial charge in [0.25, 0.3) is 0 Å². The van der Waals surface area contributed by atoms with E-state index in [1.54, 1.807) is 0 Å². The van der Waals surface area contributed by atoms with Crippen LogP contribution in [0.1, 0.15) is 27.8 Å². The highest BCUT2D eigenvalue weighted by atomic mass is 16.5. The Kier molecular flexibility index (Phi) is 4.97. The fraction of sp³-hybridized carbons (Fsp3) is 0.143. The maximum Gasteiger partial charge on any atom is 0.178 e. The number of rotatable bonds is 3. The molecule has 0 spiro atoms. The first kappa shape index (κ1) is 21.9. The maximum absolute atomic E-state index is 7.26. The molecule has 0 radical (unpaired) electrons. The van der Waals surface area contributed by atoms with E-state index in [-0.39, 0.29) is 0 Å². The molecular weight excluding hydrogens is 450 g/mol. The second kappa shape index (κ2) is 8.38. The van der Waals surface area contributed by atoms with Crippen molar-refractivity contribution in [3.05, 3.63) is 137 Å². The second-order valence-electron chi connectivity index (χ2n) is 10.3. The van der Waals surface area contributed by atoms with Gasteiger partial charge in [-0.3, -0.25) is 0 Å². The van der Waals surface area contributed by atoms with Crippen LogP contribution < -0.4 is 9.64 Å². The molecule has 1 atom stereocenters. The highest BCUT2D eigenvalue weighted by molar-refractivity contribution is 6.06. The Labute approximate surface area is 218 Å². The lowest BCUT2D eigenvalue weighted by Gasteiger charge is -2.38. The molecule has 2 heteroatoms. The van der Waals surface area contributed by atoms with Crippen molar-refractivity contribution in [3.63, 3.8) is 0 Å². The molecular formula is C35H29NO. The van der Waals surface area contributed by atoms with Gasteiger partial charge in [0, 0.05) is 41.9 Å². The molecule has 0 bridgehead atoms. The summed E-state index contributed by atoms with van der Waals surface area (Å²) in [5.41, 5.74) is 9.49. The van der Waals surface area contributed by atoms with E-state index in [0.717, 1.165) is 29.7 Å². The Morgan fingerprint density at radius 3 is 2.14 bits per heavy atom. The van der Waals surface area contributed by atoms with Crippen molar-refractivity contribution in [1.29, 1.82) is 0 Å². The minimum absolute atomic E-state index is 0.706. The number of hydrogen-bond donors (Lipinski definition) is 0.